The van der Waals surface area contributed by atoms with Gasteiger partial charge in [-0.2, -0.15) is 5.26 Å². The Bertz CT molecular complexity index is 1740. The SMILES string of the molecule is COc1cc(C(=O)Oc2cc3c4c(c2)[C@@]2(C(=O)N4C(C)(C)C[C@@H]3C)C(C#N)=C(N)OC3=C2C(=O)CCC3)cc(OC)c1OC. The minimum Gasteiger partial charge on any atom is -0.493 e. The molecular formula is C33H33N3O8. The van der Waals surface area contributed by atoms with Crippen molar-refractivity contribution < 1.29 is 38.1 Å². The van der Waals surface area contributed by atoms with Gasteiger partial charge in [-0.25, -0.2) is 4.79 Å². The first-order valence-electron chi connectivity index (χ1n) is 14.3. The molecule has 2 aromatic carbocycles. The summed E-state index contributed by atoms with van der Waals surface area (Å²) in [5.74, 6) is -0.397. The van der Waals surface area contributed by atoms with Crippen molar-refractivity contribution in [3.63, 3.8) is 0 Å². The van der Waals surface area contributed by atoms with Crippen molar-refractivity contribution in [1.82, 2.24) is 0 Å². The van der Waals surface area contributed by atoms with Gasteiger partial charge in [-0.05, 0) is 62.4 Å². The molecule has 228 valence electrons. The lowest BCUT2D eigenvalue weighted by Gasteiger charge is -2.44. The van der Waals surface area contributed by atoms with Gasteiger partial charge in [-0.15, -0.1) is 0 Å². The number of rotatable bonds is 5. The molecule has 1 spiro atoms. The average molecular weight is 600 g/mol. The molecule has 0 aromatic heterocycles. The maximum absolute atomic E-state index is 14.8. The summed E-state index contributed by atoms with van der Waals surface area (Å²) in [4.78, 5) is 43.8. The van der Waals surface area contributed by atoms with Crippen molar-refractivity contribution >= 4 is 23.3 Å². The Balaban J connectivity index is 1.58. The number of nitriles is 1. The fraction of sp³-hybridized carbons (Fsp3) is 0.394. The second-order valence-corrected chi connectivity index (χ2v) is 12.0. The van der Waals surface area contributed by atoms with Crippen molar-refractivity contribution in [3.05, 3.63) is 63.7 Å². The molecule has 11 heteroatoms. The predicted molar refractivity (Wildman–Crippen MR) is 158 cm³/mol. The zero-order valence-electron chi connectivity index (χ0n) is 25.5. The summed E-state index contributed by atoms with van der Waals surface area (Å²) in [5, 5.41) is 10.4. The lowest BCUT2D eigenvalue weighted by Crippen LogP contribution is -2.55. The highest BCUT2D eigenvalue weighted by Gasteiger charge is 2.65. The summed E-state index contributed by atoms with van der Waals surface area (Å²) in [6, 6.07) is 8.38. The second-order valence-electron chi connectivity index (χ2n) is 12.0. The lowest BCUT2D eigenvalue weighted by atomic mass is 9.65. The van der Waals surface area contributed by atoms with Gasteiger partial charge in [0.05, 0.1) is 38.2 Å². The lowest BCUT2D eigenvalue weighted by molar-refractivity contribution is -0.125. The van der Waals surface area contributed by atoms with Crippen LogP contribution >= 0.6 is 0 Å². The molecule has 4 aliphatic rings. The summed E-state index contributed by atoms with van der Waals surface area (Å²) in [6.07, 6.45) is 1.72. The number of carbonyl (C=O) groups excluding carboxylic acids is 3. The van der Waals surface area contributed by atoms with E-state index in [1.807, 2.05) is 20.8 Å². The minimum atomic E-state index is -1.83. The number of benzene rings is 2. The molecule has 2 atom stereocenters. The highest BCUT2D eigenvalue weighted by molar-refractivity contribution is 6.21. The van der Waals surface area contributed by atoms with Gasteiger partial charge in [0.2, 0.25) is 17.5 Å². The van der Waals surface area contributed by atoms with Gasteiger partial charge in [-0.3, -0.25) is 9.59 Å². The molecular weight excluding hydrogens is 566 g/mol. The largest absolute Gasteiger partial charge is 0.493 e. The van der Waals surface area contributed by atoms with Crippen LogP contribution < -0.4 is 29.6 Å². The number of ether oxygens (including phenoxy) is 5. The third-order valence-corrected chi connectivity index (χ3v) is 9.02. The van der Waals surface area contributed by atoms with Crippen LogP contribution in [0.1, 0.15) is 73.9 Å². The first-order valence-corrected chi connectivity index (χ1v) is 14.3. The standard InChI is InChI=1S/C33H33N3O8/c1-16-14-32(2,3)36-27-19(16)12-18(43-30(38)17-10-24(40-4)28(42-6)25(11-17)41-5)13-20(27)33(31(36)39)21(15-34)29(35)44-23-9-7-8-22(37)26(23)33/h10-13,16H,7-9,14,35H2,1-6H3/t16-,33+/m0/s1. The monoisotopic (exact) mass is 599 g/mol. The molecule has 1 amide bonds. The van der Waals surface area contributed by atoms with Crippen LogP contribution in [-0.4, -0.2) is 44.5 Å². The maximum Gasteiger partial charge on any atom is 0.343 e. The van der Waals surface area contributed by atoms with E-state index in [0.29, 0.717) is 42.0 Å². The van der Waals surface area contributed by atoms with Gasteiger partial charge < -0.3 is 34.3 Å². The van der Waals surface area contributed by atoms with E-state index in [9.17, 15) is 19.6 Å². The molecule has 1 aliphatic carbocycles. The Hall–Kier alpha value is -4.98. The Morgan fingerprint density at radius 2 is 1.75 bits per heavy atom. The summed E-state index contributed by atoms with van der Waals surface area (Å²) in [5.41, 5.74) is 5.69. The van der Waals surface area contributed by atoms with Gasteiger partial charge in [-0.1, -0.05) is 6.92 Å². The summed E-state index contributed by atoms with van der Waals surface area (Å²) in [7, 11) is 4.35. The fourth-order valence-corrected chi connectivity index (χ4v) is 7.33. The fourth-order valence-electron chi connectivity index (χ4n) is 7.33. The zero-order valence-corrected chi connectivity index (χ0v) is 25.5. The number of carbonyl (C=O) groups is 3. The number of nitrogens with zero attached hydrogens (tertiary/aromatic N) is 2. The number of amides is 1. The molecule has 2 aromatic rings. The molecule has 0 radical (unpaired) electrons. The predicted octanol–water partition coefficient (Wildman–Crippen LogP) is 4.53. The molecule has 0 unspecified atom stereocenters. The quantitative estimate of drug-likeness (QED) is 0.383. The highest BCUT2D eigenvalue weighted by atomic mass is 16.5. The van der Waals surface area contributed by atoms with Crippen molar-refractivity contribution in [1.29, 1.82) is 5.26 Å². The highest BCUT2D eigenvalue weighted by Crippen LogP contribution is 2.61. The molecule has 3 heterocycles. The third-order valence-electron chi connectivity index (χ3n) is 9.02. The molecule has 44 heavy (non-hydrogen) atoms. The Kier molecular flexibility index (Phi) is 6.65. The van der Waals surface area contributed by atoms with Crippen LogP contribution in [0.5, 0.6) is 23.0 Å². The van der Waals surface area contributed by atoms with Crippen molar-refractivity contribution in [2.75, 3.05) is 26.2 Å². The van der Waals surface area contributed by atoms with Crippen LogP contribution in [0.3, 0.4) is 0 Å². The van der Waals surface area contributed by atoms with Crippen LogP contribution in [0.2, 0.25) is 0 Å². The van der Waals surface area contributed by atoms with Crippen LogP contribution in [0.15, 0.2) is 47.1 Å². The molecule has 0 saturated heterocycles. The first-order chi connectivity index (χ1) is 20.9. The van der Waals surface area contributed by atoms with Crippen LogP contribution in [0, 0.1) is 11.3 Å². The second kappa shape index (κ2) is 10.0. The summed E-state index contributed by atoms with van der Waals surface area (Å²) in [6.45, 7) is 5.95. The topological polar surface area (TPSA) is 150 Å². The Morgan fingerprint density at radius 3 is 2.36 bits per heavy atom. The maximum atomic E-state index is 14.8. The number of fused-ring (bicyclic) bond motifs is 2. The van der Waals surface area contributed by atoms with E-state index in [-0.39, 0.29) is 58.0 Å². The summed E-state index contributed by atoms with van der Waals surface area (Å²) < 4.78 is 27.9. The van der Waals surface area contributed by atoms with Crippen molar-refractivity contribution in [2.24, 2.45) is 5.73 Å². The Labute approximate surface area is 254 Å². The number of Topliss-reactive ketones (excluding diaryl/α,β-unsaturated/α-hetero) is 1. The average Bonchev–Trinajstić information content (AvgIpc) is 3.24. The molecule has 0 bridgehead atoms. The molecule has 0 fully saturated rings. The number of hydrogen-bond donors (Lipinski definition) is 1. The normalized spacial score (nSPS) is 23.1. The van der Waals surface area contributed by atoms with Crippen LogP contribution in [-0.2, 0) is 19.7 Å². The van der Waals surface area contributed by atoms with Gasteiger partial charge in [0, 0.05) is 23.9 Å². The van der Waals surface area contributed by atoms with Gasteiger partial charge in [0.15, 0.2) is 17.3 Å². The minimum absolute atomic E-state index is 0.0556. The van der Waals surface area contributed by atoms with Crippen molar-refractivity contribution in [2.45, 2.75) is 63.3 Å². The number of allylic oxidation sites excluding steroid dienone is 1. The van der Waals surface area contributed by atoms with Crippen LogP contribution in [0.4, 0.5) is 5.69 Å². The van der Waals surface area contributed by atoms with Gasteiger partial charge >= 0.3 is 5.97 Å². The molecule has 11 nitrogen and oxygen atoms in total. The van der Waals surface area contributed by atoms with E-state index in [1.54, 1.807) is 17.0 Å². The third kappa shape index (κ3) is 3.83. The Morgan fingerprint density at radius 1 is 1.07 bits per heavy atom. The van der Waals surface area contributed by atoms with Gasteiger partial charge in [0.1, 0.15) is 28.6 Å². The van der Waals surface area contributed by atoms with E-state index >= 15 is 0 Å². The number of anilines is 1. The number of esters is 1. The molecule has 2 N–H and O–H groups in total. The van der Waals surface area contributed by atoms with E-state index in [2.05, 4.69) is 6.07 Å². The number of hydrogen-bond acceptors (Lipinski definition) is 10. The van der Waals surface area contributed by atoms with E-state index in [0.717, 1.165) is 5.56 Å². The molecule has 3 aliphatic heterocycles. The summed E-state index contributed by atoms with van der Waals surface area (Å²) >= 11 is 0. The van der Waals surface area contributed by atoms with Crippen LogP contribution in [0.25, 0.3) is 0 Å². The molecule has 6 rings (SSSR count). The zero-order chi connectivity index (χ0) is 31.7. The molecule has 0 saturated carbocycles. The number of nitrogens with two attached hydrogens (primary N) is 1. The van der Waals surface area contributed by atoms with E-state index < -0.39 is 22.8 Å². The first kappa shape index (κ1) is 29.1. The number of methoxy groups -OCH3 is 3. The number of ketones is 1. The van der Waals surface area contributed by atoms with E-state index in [1.165, 1.54) is 33.5 Å². The van der Waals surface area contributed by atoms with E-state index in [4.69, 9.17) is 29.4 Å². The smallest absolute Gasteiger partial charge is 0.343 e. The van der Waals surface area contributed by atoms with Crippen molar-refractivity contribution in [3.8, 4) is 29.1 Å². The van der Waals surface area contributed by atoms with Gasteiger partial charge in [0.25, 0.3) is 0 Å².